The average Bonchev–Trinajstić information content (AvgIpc) is 2.91. The Balaban J connectivity index is 1.91. The van der Waals surface area contributed by atoms with Crippen LogP contribution in [-0.4, -0.2) is 36.6 Å². The summed E-state index contributed by atoms with van der Waals surface area (Å²) in [6, 6.07) is 1.62. The third-order valence-corrected chi connectivity index (χ3v) is 5.53. The summed E-state index contributed by atoms with van der Waals surface area (Å²) >= 11 is 0. The lowest BCUT2D eigenvalue weighted by Gasteiger charge is -2.41. The number of hydrogen-bond donors (Lipinski definition) is 1. The molecule has 0 radical (unpaired) electrons. The zero-order chi connectivity index (χ0) is 13.7. The molecule has 0 spiro atoms. The molecule has 2 fully saturated rings. The fraction of sp³-hybridized carbons (Fsp3) is 1.00. The summed E-state index contributed by atoms with van der Waals surface area (Å²) in [7, 11) is 0. The lowest BCUT2D eigenvalue weighted by molar-refractivity contribution is 0.0917. The van der Waals surface area contributed by atoms with E-state index in [-0.39, 0.29) is 0 Å². The summed E-state index contributed by atoms with van der Waals surface area (Å²) in [5.74, 6) is 1.82. The normalized spacial score (nSPS) is 31.1. The van der Waals surface area contributed by atoms with Gasteiger partial charge in [-0.05, 0) is 57.0 Å². The van der Waals surface area contributed by atoms with E-state index in [1.165, 1.54) is 64.6 Å². The van der Waals surface area contributed by atoms with E-state index in [0.717, 1.165) is 17.9 Å². The standard InChI is InChI=1S/C17H34N2/c1-4-11-18-16(14(3)5-2)13-19-12-7-9-15-8-6-10-17(15)19/h14-18H,4-13H2,1-3H3. The van der Waals surface area contributed by atoms with Crippen LogP contribution in [0.3, 0.4) is 0 Å². The van der Waals surface area contributed by atoms with Crippen molar-refractivity contribution in [3.63, 3.8) is 0 Å². The van der Waals surface area contributed by atoms with Gasteiger partial charge < -0.3 is 5.32 Å². The van der Waals surface area contributed by atoms with Crippen molar-refractivity contribution >= 4 is 0 Å². The molecule has 4 unspecified atom stereocenters. The fourth-order valence-corrected chi connectivity index (χ4v) is 4.10. The van der Waals surface area contributed by atoms with Crippen LogP contribution in [-0.2, 0) is 0 Å². The maximum Gasteiger partial charge on any atom is 0.0220 e. The molecular weight excluding hydrogens is 232 g/mol. The molecule has 1 aliphatic heterocycles. The van der Waals surface area contributed by atoms with Gasteiger partial charge in [0.05, 0.1) is 0 Å². The number of likely N-dealkylation sites (tertiary alicyclic amines) is 1. The number of piperidine rings is 1. The van der Waals surface area contributed by atoms with Gasteiger partial charge in [0.2, 0.25) is 0 Å². The molecule has 1 saturated carbocycles. The van der Waals surface area contributed by atoms with Gasteiger partial charge in [-0.15, -0.1) is 0 Å². The van der Waals surface area contributed by atoms with Crippen molar-refractivity contribution in [2.45, 2.75) is 77.8 Å². The topological polar surface area (TPSA) is 15.3 Å². The quantitative estimate of drug-likeness (QED) is 0.756. The molecule has 2 aliphatic rings. The number of nitrogens with zero attached hydrogens (tertiary/aromatic N) is 1. The van der Waals surface area contributed by atoms with Crippen LogP contribution >= 0.6 is 0 Å². The van der Waals surface area contributed by atoms with Gasteiger partial charge in [-0.1, -0.05) is 33.6 Å². The highest BCUT2D eigenvalue weighted by molar-refractivity contribution is 4.91. The Morgan fingerprint density at radius 1 is 1.16 bits per heavy atom. The molecule has 0 aromatic carbocycles. The van der Waals surface area contributed by atoms with E-state index >= 15 is 0 Å². The van der Waals surface area contributed by atoms with Gasteiger partial charge in [0.25, 0.3) is 0 Å². The lowest BCUT2D eigenvalue weighted by Crippen LogP contribution is -2.51. The lowest BCUT2D eigenvalue weighted by atomic mass is 9.90. The Morgan fingerprint density at radius 3 is 2.68 bits per heavy atom. The molecular formula is C17H34N2. The minimum atomic E-state index is 0.698. The first kappa shape index (κ1) is 15.3. The van der Waals surface area contributed by atoms with Crippen LogP contribution in [0, 0.1) is 11.8 Å². The van der Waals surface area contributed by atoms with Crippen LogP contribution in [0.4, 0.5) is 0 Å². The molecule has 1 saturated heterocycles. The molecule has 2 rings (SSSR count). The minimum absolute atomic E-state index is 0.698. The smallest absolute Gasteiger partial charge is 0.0220 e. The van der Waals surface area contributed by atoms with Crippen LogP contribution in [0.1, 0.15) is 65.7 Å². The van der Waals surface area contributed by atoms with E-state index in [1.54, 1.807) is 0 Å². The Bertz CT molecular complexity index is 254. The van der Waals surface area contributed by atoms with Gasteiger partial charge in [0.1, 0.15) is 0 Å². The summed E-state index contributed by atoms with van der Waals surface area (Å²) in [6.07, 6.45) is 9.91. The van der Waals surface area contributed by atoms with Gasteiger partial charge in [-0.25, -0.2) is 0 Å². The molecule has 19 heavy (non-hydrogen) atoms. The van der Waals surface area contributed by atoms with Crippen molar-refractivity contribution in [2.75, 3.05) is 19.6 Å². The summed E-state index contributed by atoms with van der Waals surface area (Å²) in [5, 5.41) is 3.81. The maximum absolute atomic E-state index is 3.81. The van der Waals surface area contributed by atoms with Gasteiger partial charge in [-0.2, -0.15) is 0 Å². The third-order valence-electron chi connectivity index (χ3n) is 5.53. The number of hydrogen-bond acceptors (Lipinski definition) is 2. The summed E-state index contributed by atoms with van der Waals surface area (Å²) in [4.78, 5) is 2.83. The first-order chi connectivity index (χ1) is 9.26. The Hall–Kier alpha value is -0.0800. The van der Waals surface area contributed by atoms with Crippen molar-refractivity contribution in [3.8, 4) is 0 Å². The second-order valence-corrected chi connectivity index (χ2v) is 6.84. The largest absolute Gasteiger partial charge is 0.312 e. The first-order valence-corrected chi connectivity index (χ1v) is 8.73. The van der Waals surface area contributed by atoms with E-state index in [4.69, 9.17) is 0 Å². The van der Waals surface area contributed by atoms with Crippen LogP contribution in [0.15, 0.2) is 0 Å². The highest BCUT2D eigenvalue weighted by Crippen LogP contribution is 2.36. The summed E-state index contributed by atoms with van der Waals surface area (Å²) in [6.45, 7) is 10.8. The molecule has 0 bridgehead atoms. The van der Waals surface area contributed by atoms with Crippen molar-refractivity contribution in [1.82, 2.24) is 10.2 Å². The molecule has 4 atom stereocenters. The van der Waals surface area contributed by atoms with Crippen molar-refractivity contribution in [1.29, 1.82) is 0 Å². The zero-order valence-electron chi connectivity index (χ0n) is 13.3. The van der Waals surface area contributed by atoms with E-state index in [0.29, 0.717) is 6.04 Å². The molecule has 112 valence electrons. The maximum atomic E-state index is 3.81. The van der Waals surface area contributed by atoms with Gasteiger partial charge in [0, 0.05) is 18.6 Å². The minimum Gasteiger partial charge on any atom is -0.312 e. The third kappa shape index (κ3) is 3.95. The number of nitrogens with one attached hydrogen (secondary N) is 1. The summed E-state index contributed by atoms with van der Waals surface area (Å²) in [5.41, 5.74) is 0. The van der Waals surface area contributed by atoms with Crippen LogP contribution in [0.5, 0.6) is 0 Å². The van der Waals surface area contributed by atoms with E-state index in [1.807, 2.05) is 0 Å². The first-order valence-electron chi connectivity index (χ1n) is 8.73. The molecule has 0 aromatic heterocycles. The summed E-state index contributed by atoms with van der Waals surface area (Å²) < 4.78 is 0. The Kier molecular flexibility index (Phi) is 6.15. The monoisotopic (exact) mass is 266 g/mol. The zero-order valence-corrected chi connectivity index (χ0v) is 13.3. The average molecular weight is 266 g/mol. The molecule has 1 heterocycles. The highest BCUT2D eigenvalue weighted by atomic mass is 15.2. The van der Waals surface area contributed by atoms with E-state index in [9.17, 15) is 0 Å². The van der Waals surface area contributed by atoms with Crippen molar-refractivity contribution < 1.29 is 0 Å². The van der Waals surface area contributed by atoms with Crippen molar-refractivity contribution in [3.05, 3.63) is 0 Å². The second-order valence-electron chi connectivity index (χ2n) is 6.84. The fourth-order valence-electron chi connectivity index (χ4n) is 4.10. The number of rotatable bonds is 7. The van der Waals surface area contributed by atoms with Crippen LogP contribution in [0.2, 0.25) is 0 Å². The predicted octanol–water partition coefficient (Wildman–Crippen LogP) is 3.67. The SMILES string of the molecule is CCCNC(CN1CCCC2CCCC21)C(C)CC. The van der Waals surface area contributed by atoms with E-state index in [2.05, 4.69) is 31.0 Å². The van der Waals surface area contributed by atoms with Crippen LogP contribution < -0.4 is 5.32 Å². The molecule has 1 aliphatic carbocycles. The van der Waals surface area contributed by atoms with Crippen LogP contribution in [0.25, 0.3) is 0 Å². The molecule has 0 amide bonds. The molecule has 0 aromatic rings. The molecule has 2 nitrogen and oxygen atoms in total. The van der Waals surface area contributed by atoms with Gasteiger partial charge in [-0.3, -0.25) is 4.90 Å². The Labute approximate surface area is 120 Å². The number of fused-ring (bicyclic) bond motifs is 1. The second kappa shape index (κ2) is 7.64. The molecule has 1 N–H and O–H groups in total. The van der Waals surface area contributed by atoms with Gasteiger partial charge >= 0.3 is 0 Å². The van der Waals surface area contributed by atoms with Crippen molar-refractivity contribution in [2.24, 2.45) is 11.8 Å². The highest BCUT2D eigenvalue weighted by Gasteiger charge is 2.36. The van der Waals surface area contributed by atoms with Gasteiger partial charge in [0.15, 0.2) is 0 Å². The predicted molar refractivity (Wildman–Crippen MR) is 83.5 cm³/mol. The van der Waals surface area contributed by atoms with E-state index < -0.39 is 0 Å². The Morgan fingerprint density at radius 2 is 1.95 bits per heavy atom. The molecule has 2 heteroatoms.